The largest absolute Gasteiger partial charge is 0.489 e. The molecule has 0 radical (unpaired) electrons. The van der Waals surface area contributed by atoms with E-state index in [1.807, 2.05) is 24.3 Å². The van der Waals surface area contributed by atoms with Crippen LogP contribution in [-0.2, 0) is 13.2 Å². The minimum atomic E-state index is -0.942. The highest BCUT2D eigenvalue weighted by Gasteiger charge is 2.02. The Morgan fingerprint density at radius 2 is 1.69 bits per heavy atom. The Labute approximate surface area is 150 Å². The van der Waals surface area contributed by atoms with Crippen molar-refractivity contribution in [3.63, 3.8) is 0 Å². The fraction of sp³-hybridized carbons (Fsp3) is 0.0952. The second-order valence-electron chi connectivity index (χ2n) is 5.80. The quantitative estimate of drug-likeness (QED) is 0.647. The topological polar surface area (TPSA) is 58.6 Å². The molecule has 3 rings (SSSR count). The molecule has 4 nitrogen and oxygen atoms in total. The maximum atomic E-state index is 12.9. The summed E-state index contributed by atoms with van der Waals surface area (Å²) in [5.41, 5.74) is 3.02. The number of hydrogen-bond donors (Lipinski definition) is 2. The predicted octanol–water partition coefficient (Wildman–Crippen LogP) is 4.72. The van der Waals surface area contributed by atoms with Gasteiger partial charge >= 0.3 is 5.97 Å². The molecule has 3 aromatic carbocycles. The third kappa shape index (κ3) is 4.83. The number of hydrogen-bond acceptors (Lipinski definition) is 3. The molecule has 0 bridgehead atoms. The van der Waals surface area contributed by atoms with Gasteiger partial charge in [0.25, 0.3) is 0 Å². The number of carboxylic acid groups (broad SMARTS) is 1. The van der Waals surface area contributed by atoms with Gasteiger partial charge < -0.3 is 15.2 Å². The monoisotopic (exact) mass is 351 g/mol. The van der Waals surface area contributed by atoms with Crippen LogP contribution >= 0.6 is 0 Å². The van der Waals surface area contributed by atoms with Gasteiger partial charge in [-0.05, 0) is 59.7 Å². The summed E-state index contributed by atoms with van der Waals surface area (Å²) in [6.07, 6.45) is 0. The minimum absolute atomic E-state index is 0.256. The zero-order valence-electron chi connectivity index (χ0n) is 14.0. The summed E-state index contributed by atoms with van der Waals surface area (Å²) in [4.78, 5) is 10.9. The Morgan fingerprint density at radius 1 is 0.962 bits per heavy atom. The third-order valence-electron chi connectivity index (χ3n) is 3.85. The molecule has 0 saturated heterocycles. The molecule has 132 valence electrons. The van der Waals surface area contributed by atoms with Crippen LogP contribution in [0.2, 0.25) is 0 Å². The van der Waals surface area contributed by atoms with E-state index in [0.29, 0.717) is 13.2 Å². The highest BCUT2D eigenvalue weighted by atomic mass is 19.1. The van der Waals surface area contributed by atoms with Gasteiger partial charge in [-0.25, -0.2) is 9.18 Å². The molecule has 0 amide bonds. The fourth-order valence-corrected chi connectivity index (χ4v) is 2.43. The average molecular weight is 351 g/mol. The van der Waals surface area contributed by atoms with Crippen LogP contribution in [0.3, 0.4) is 0 Å². The number of halogens is 1. The Kier molecular flexibility index (Phi) is 5.49. The highest BCUT2D eigenvalue weighted by Crippen LogP contribution is 2.17. The lowest BCUT2D eigenvalue weighted by molar-refractivity contribution is 0.0697. The summed E-state index contributed by atoms with van der Waals surface area (Å²) in [5, 5.41) is 12.2. The van der Waals surface area contributed by atoms with Crippen LogP contribution in [0.1, 0.15) is 21.5 Å². The van der Waals surface area contributed by atoms with Crippen LogP contribution < -0.4 is 10.1 Å². The molecule has 0 unspecified atom stereocenters. The van der Waals surface area contributed by atoms with E-state index in [4.69, 9.17) is 9.84 Å². The van der Waals surface area contributed by atoms with E-state index in [2.05, 4.69) is 5.32 Å². The lowest BCUT2D eigenvalue weighted by Gasteiger charge is -2.10. The molecular formula is C21H18FNO3. The van der Waals surface area contributed by atoms with E-state index in [1.54, 1.807) is 36.4 Å². The number of ether oxygens (including phenoxy) is 1. The number of benzene rings is 3. The van der Waals surface area contributed by atoms with Gasteiger partial charge in [0, 0.05) is 12.2 Å². The SMILES string of the molecule is O=C(O)c1ccc(NCc2cccc(OCc3ccc(F)cc3)c2)cc1. The summed E-state index contributed by atoms with van der Waals surface area (Å²) >= 11 is 0. The number of aromatic carboxylic acids is 1. The first kappa shape index (κ1) is 17.5. The van der Waals surface area contributed by atoms with Gasteiger partial charge in [-0.2, -0.15) is 0 Å². The van der Waals surface area contributed by atoms with Crippen LogP contribution in [0, 0.1) is 5.82 Å². The Morgan fingerprint density at radius 3 is 2.38 bits per heavy atom. The molecule has 2 N–H and O–H groups in total. The van der Waals surface area contributed by atoms with Gasteiger partial charge in [-0.15, -0.1) is 0 Å². The maximum absolute atomic E-state index is 12.9. The summed E-state index contributed by atoms with van der Waals surface area (Å²) in [6, 6.07) is 20.5. The van der Waals surface area contributed by atoms with E-state index in [9.17, 15) is 9.18 Å². The number of nitrogens with one attached hydrogen (secondary N) is 1. The molecule has 0 aromatic heterocycles. The van der Waals surface area contributed by atoms with Crippen LogP contribution in [0.4, 0.5) is 10.1 Å². The average Bonchev–Trinajstić information content (AvgIpc) is 2.66. The molecule has 0 fully saturated rings. The minimum Gasteiger partial charge on any atom is -0.489 e. The summed E-state index contributed by atoms with van der Waals surface area (Å²) < 4.78 is 18.7. The second-order valence-corrected chi connectivity index (χ2v) is 5.80. The number of carbonyl (C=O) groups is 1. The number of carboxylic acids is 1. The maximum Gasteiger partial charge on any atom is 0.335 e. The first-order valence-corrected chi connectivity index (χ1v) is 8.13. The number of rotatable bonds is 7. The third-order valence-corrected chi connectivity index (χ3v) is 3.85. The first-order chi connectivity index (χ1) is 12.6. The summed E-state index contributed by atoms with van der Waals surface area (Å²) in [7, 11) is 0. The molecule has 0 aliphatic carbocycles. The van der Waals surface area contributed by atoms with E-state index in [1.165, 1.54) is 12.1 Å². The lowest BCUT2D eigenvalue weighted by atomic mass is 10.2. The lowest BCUT2D eigenvalue weighted by Crippen LogP contribution is -2.01. The number of anilines is 1. The van der Waals surface area contributed by atoms with Gasteiger partial charge in [-0.3, -0.25) is 0 Å². The molecule has 0 saturated carbocycles. The van der Waals surface area contributed by atoms with E-state index in [0.717, 1.165) is 22.6 Å². The van der Waals surface area contributed by atoms with Gasteiger partial charge in [0.15, 0.2) is 0 Å². The fourth-order valence-electron chi connectivity index (χ4n) is 2.43. The molecule has 26 heavy (non-hydrogen) atoms. The smallest absolute Gasteiger partial charge is 0.335 e. The van der Waals surface area contributed by atoms with Gasteiger partial charge in [-0.1, -0.05) is 24.3 Å². The van der Waals surface area contributed by atoms with E-state index in [-0.39, 0.29) is 11.4 Å². The molecule has 0 spiro atoms. The van der Waals surface area contributed by atoms with Crippen molar-refractivity contribution in [2.24, 2.45) is 0 Å². The van der Waals surface area contributed by atoms with Crippen LogP contribution in [0.5, 0.6) is 5.75 Å². The zero-order valence-corrected chi connectivity index (χ0v) is 14.0. The molecule has 3 aromatic rings. The Balaban J connectivity index is 1.56. The normalized spacial score (nSPS) is 10.3. The summed E-state index contributed by atoms with van der Waals surface area (Å²) in [6.45, 7) is 0.952. The van der Waals surface area contributed by atoms with Crippen molar-refractivity contribution in [1.29, 1.82) is 0 Å². The van der Waals surface area contributed by atoms with Crippen molar-refractivity contribution < 1.29 is 19.0 Å². The molecule has 0 atom stereocenters. The Bertz CT molecular complexity index is 877. The molecule has 5 heteroatoms. The van der Waals surface area contributed by atoms with Crippen molar-refractivity contribution in [2.45, 2.75) is 13.2 Å². The van der Waals surface area contributed by atoms with Crippen molar-refractivity contribution in [2.75, 3.05) is 5.32 Å². The molecule has 0 aliphatic rings. The van der Waals surface area contributed by atoms with E-state index < -0.39 is 5.97 Å². The predicted molar refractivity (Wildman–Crippen MR) is 97.9 cm³/mol. The second kappa shape index (κ2) is 8.16. The van der Waals surface area contributed by atoms with Gasteiger partial charge in [0.05, 0.1) is 5.56 Å². The molecule has 0 aliphatic heterocycles. The van der Waals surface area contributed by atoms with Crippen LogP contribution in [0.15, 0.2) is 72.8 Å². The first-order valence-electron chi connectivity index (χ1n) is 8.13. The van der Waals surface area contributed by atoms with Crippen molar-refractivity contribution >= 4 is 11.7 Å². The van der Waals surface area contributed by atoms with Crippen LogP contribution in [0.25, 0.3) is 0 Å². The Hall–Kier alpha value is -3.34. The van der Waals surface area contributed by atoms with Gasteiger partial charge in [0.2, 0.25) is 0 Å². The standard InChI is InChI=1S/C21H18FNO3/c22-18-8-4-15(5-9-18)14-26-20-3-1-2-16(12-20)13-23-19-10-6-17(7-11-19)21(24)25/h1-12,23H,13-14H2,(H,24,25). The van der Waals surface area contributed by atoms with Crippen LogP contribution in [-0.4, -0.2) is 11.1 Å². The van der Waals surface area contributed by atoms with Gasteiger partial charge in [0.1, 0.15) is 18.2 Å². The van der Waals surface area contributed by atoms with Crippen molar-refractivity contribution in [3.8, 4) is 5.75 Å². The zero-order chi connectivity index (χ0) is 18.4. The molecule has 0 heterocycles. The highest BCUT2D eigenvalue weighted by molar-refractivity contribution is 5.87. The summed E-state index contributed by atoms with van der Waals surface area (Å²) in [5.74, 6) is -0.476. The van der Waals surface area contributed by atoms with E-state index >= 15 is 0 Å². The van der Waals surface area contributed by atoms with Crippen molar-refractivity contribution in [3.05, 3.63) is 95.3 Å². The molecular weight excluding hydrogens is 333 g/mol. The van der Waals surface area contributed by atoms with Crippen molar-refractivity contribution in [1.82, 2.24) is 0 Å².